The van der Waals surface area contributed by atoms with Crippen LogP contribution in [0, 0.1) is 5.82 Å². The number of carbonyl (C=O) groups excluding carboxylic acids is 1. The van der Waals surface area contributed by atoms with E-state index in [1.807, 2.05) is 12.1 Å². The van der Waals surface area contributed by atoms with Crippen LogP contribution in [0.3, 0.4) is 0 Å². The highest BCUT2D eigenvalue weighted by Crippen LogP contribution is 2.33. The summed E-state index contributed by atoms with van der Waals surface area (Å²) in [6.07, 6.45) is 1.82. The molecule has 2 saturated heterocycles. The van der Waals surface area contributed by atoms with Crippen molar-refractivity contribution in [2.24, 2.45) is 0 Å². The number of aromatic carboxylic acids is 1. The van der Waals surface area contributed by atoms with Crippen LogP contribution in [-0.2, 0) is 11.3 Å². The van der Waals surface area contributed by atoms with Gasteiger partial charge in [0.2, 0.25) is 0 Å². The van der Waals surface area contributed by atoms with Crippen LogP contribution in [0.15, 0.2) is 48.5 Å². The molecule has 0 aliphatic carbocycles. The molecule has 0 aromatic heterocycles. The van der Waals surface area contributed by atoms with Crippen molar-refractivity contribution in [3.63, 3.8) is 0 Å². The summed E-state index contributed by atoms with van der Waals surface area (Å²) in [5, 5.41) is 12.2. The van der Waals surface area contributed by atoms with Crippen LogP contribution in [0.2, 0.25) is 0 Å². The molecule has 2 aromatic carbocycles. The summed E-state index contributed by atoms with van der Waals surface area (Å²) in [6, 6.07) is 12.8. The second-order valence-corrected chi connectivity index (χ2v) is 7.55. The van der Waals surface area contributed by atoms with Gasteiger partial charge in [0.15, 0.2) is 0 Å². The lowest BCUT2D eigenvalue weighted by molar-refractivity contribution is -0.168. The Morgan fingerprint density at radius 1 is 1.14 bits per heavy atom. The average molecular weight is 398 g/mol. The zero-order valence-corrected chi connectivity index (χ0v) is 15.9. The Labute approximate surface area is 168 Å². The van der Waals surface area contributed by atoms with E-state index in [1.165, 1.54) is 24.3 Å². The molecule has 2 aliphatic rings. The van der Waals surface area contributed by atoms with E-state index in [0.717, 1.165) is 24.9 Å². The monoisotopic (exact) mass is 398 g/mol. The summed E-state index contributed by atoms with van der Waals surface area (Å²) in [6.45, 7) is 1.77. The maximum Gasteiger partial charge on any atom is 0.336 e. The minimum absolute atomic E-state index is 0.0471. The molecule has 2 fully saturated rings. The lowest BCUT2D eigenvalue weighted by Gasteiger charge is -2.52. The van der Waals surface area contributed by atoms with Crippen molar-refractivity contribution in [2.75, 3.05) is 13.1 Å². The van der Waals surface area contributed by atoms with Crippen LogP contribution in [-0.4, -0.2) is 53.2 Å². The Morgan fingerprint density at radius 3 is 2.62 bits per heavy atom. The topological polar surface area (TPSA) is 78.9 Å². The molecule has 1 amide bonds. The SMILES string of the molecule is O=C(NC[C@H]1CC[C@@H]2[C@@H](CN2Cc2ccccc2C(=O)O)O1)c1ccc(F)cc1. The van der Waals surface area contributed by atoms with Crippen molar-refractivity contribution in [2.45, 2.75) is 37.6 Å². The summed E-state index contributed by atoms with van der Waals surface area (Å²) in [4.78, 5) is 25.8. The van der Waals surface area contributed by atoms with Gasteiger partial charge in [0.05, 0.1) is 17.8 Å². The standard InChI is InChI=1S/C22H23FN2O4/c23-16-7-5-14(6-8-16)21(26)24-11-17-9-10-19-20(29-17)13-25(19)12-15-3-1-2-4-18(15)22(27)28/h1-8,17,19-20H,9-13H2,(H,24,26)(H,27,28)/t17-,19-,20-/m1/s1. The van der Waals surface area contributed by atoms with Gasteiger partial charge in [0, 0.05) is 31.2 Å². The van der Waals surface area contributed by atoms with E-state index in [-0.39, 0.29) is 30.0 Å². The Bertz CT molecular complexity index is 902. The number of carboxylic acid groups (broad SMARTS) is 1. The fraction of sp³-hybridized carbons (Fsp3) is 0.364. The van der Waals surface area contributed by atoms with Crippen LogP contribution >= 0.6 is 0 Å². The lowest BCUT2D eigenvalue weighted by atomic mass is 9.88. The van der Waals surface area contributed by atoms with Gasteiger partial charge in [-0.2, -0.15) is 0 Å². The number of carboxylic acids is 1. The number of rotatable bonds is 6. The highest BCUT2D eigenvalue weighted by molar-refractivity contribution is 5.94. The van der Waals surface area contributed by atoms with E-state index >= 15 is 0 Å². The zero-order chi connectivity index (χ0) is 20.4. The first-order valence-corrected chi connectivity index (χ1v) is 9.76. The third kappa shape index (κ3) is 4.31. The molecule has 2 heterocycles. The van der Waals surface area contributed by atoms with E-state index in [9.17, 15) is 19.1 Å². The van der Waals surface area contributed by atoms with Gasteiger partial charge in [0.1, 0.15) is 5.82 Å². The third-order valence-corrected chi connectivity index (χ3v) is 5.68. The highest BCUT2D eigenvalue weighted by atomic mass is 19.1. The number of hydrogen-bond acceptors (Lipinski definition) is 4. The van der Waals surface area contributed by atoms with E-state index in [4.69, 9.17) is 4.74 Å². The Kier molecular flexibility index (Phi) is 5.60. The molecule has 2 aromatic rings. The lowest BCUT2D eigenvalue weighted by Crippen LogP contribution is -2.64. The molecular formula is C22H23FN2O4. The second-order valence-electron chi connectivity index (χ2n) is 7.55. The van der Waals surface area contributed by atoms with Crippen molar-refractivity contribution in [3.8, 4) is 0 Å². The summed E-state index contributed by atoms with van der Waals surface area (Å²) >= 11 is 0. The van der Waals surface area contributed by atoms with Gasteiger partial charge in [0.25, 0.3) is 5.91 Å². The second kappa shape index (κ2) is 8.31. The summed E-state index contributed by atoms with van der Waals surface area (Å²) in [7, 11) is 0. The molecule has 29 heavy (non-hydrogen) atoms. The normalized spacial score (nSPS) is 23.7. The van der Waals surface area contributed by atoms with E-state index < -0.39 is 5.97 Å². The molecule has 0 unspecified atom stereocenters. The predicted octanol–water partition coefficient (Wildman–Crippen LogP) is 2.69. The Morgan fingerprint density at radius 2 is 1.90 bits per heavy atom. The molecule has 0 spiro atoms. The highest BCUT2D eigenvalue weighted by Gasteiger charge is 2.44. The maximum atomic E-state index is 13.0. The van der Waals surface area contributed by atoms with Crippen LogP contribution in [0.1, 0.15) is 39.1 Å². The number of likely N-dealkylation sites (tertiary alicyclic amines) is 1. The van der Waals surface area contributed by atoms with Gasteiger partial charge >= 0.3 is 5.97 Å². The fourth-order valence-electron chi connectivity index (χ4n) is 4.09. The minimum Gasteiger partial charge on any atom is -0.478 e. The number of amides is 1. The number of nitrogens with zero attached hydrogens (tertiary/aromatic N) is 1. The maximum absolute atomic E-state index is 13.0. The van der Waals surface area contributed by atoms with Crippen molar-refractivity contribution in [3.05, 3.63) is 71.0 Å². The molecule has 2 N–H and O–H groups in total. The minimum atomic E-state index is -0.908. The van der Waals surface area contributed by atoms with Crippen molar-refractivity contribution in [1.82, 2.24) is 10.2 Å². The molecule has 152 valence electrons. The number of benzene rings is 2. The molecule has 0 radical (unpaired) electrons. The first-order chi connectivity index (χ1) is 14.0. The van der Waals surface area contributed by atoms with Crippen molar-refractivity contribution < 1.29 is 23.8 Å². The predicted molar refractivity (Wildman–Crippen MR) is 104 cm³/mol. The van der Waals surface area contributed by atoms with Gasteiger partial charge < -0.3 is 15.2 Å². The van der Waals surface area contributed by atoms with Gasteiger partial charge in [-0.05, 0) is 48.7 Å². The number of ether oxygens (including phenoxy) is 1. The average Bonchev–Trinajstić information content (AvgIpc) is 2.71. The first-order valence-electron chi connectivity index (χ1n) is 9.76. The Hall–Kier alpha value is -2.77. The van der Waals surface area contributed by atoms with Crippen LogP contribution in [0.5, 0.6) is 0 Å². The van der Waals surface area contributed by atoms with Crippen molar-refractivity contribution in [1.29, 1.82) is 0 Å². The fourth-order valence-corrected chi connectivity index (χ4v) is 4.09. The molecule has 3 atom stereocenters. The number of carbonyl (C=O) groups is 2. The van der Waals surface area contributed by atoms with Gasteiger partial charge in [-0.25, -0.2) is 9.18 Å². The molecule has 6 nitrogen and oxygen atoms in total. The number of hydrogen-bond donors (Lipinski definition) is 2. The molecule has 0 saturated carbocycles. The molecule has 0 bridgehead atoms. The van der Waals surface area contributed by atoms with Gasteiger partial charge in [-0.15, -0.1) is 0 Å². The molecular weight excluding hydrogens is 375 g/mol. The Balaban J connectivity index is 1.26. The van der Waals surface area contributed by atoms with Crippen LogP contribution < -0.4 is 5.32 Å². The first kappa shape index (κ1) is 19.5. The molecule has 7 heteroatoms. The largest absolute Gasteiger partial charge is 0.478 e. The summed E-state index contributed by atoms with van der Waals surface area (Å²) in [5.41, 5.74) is 1.58. The summed E-state index contributed by atoms with van der Waals surface area (Å²) in [5.74, 6) is -1.52. The molecule has 2 aliphatic heterocycles. The zero-order valence-electron chi connectivity index (χ0n) is 15.9. The van der Waals surface area contributed by atoms with Crippen LogP contribution in [0.25, 0.3) is 0 Å². The number of halogens is 1. The summed E-state index contributed by atoms with van der Waals surface area (Å²) < 4.78 is 19.1. The van der Waals surface area contributed by atoms with E-state index in [1.54, 1.807) is 12.1 Å². The number of fused-ring (bicyclic) bond motifs is 1. The smallest absolute Gasteiger partial charge is 0.336 e. The van der Waals surface area contributed by atoms with Crippen LogP contribution in [0.4, 0.5) is 4.39 Å². The van der Waals surface area contributed by atoms with Gasteiger partial charge in [-0.3, -0.25) is 9.69 Å². The van der Waals surface area contributed by atoms with Crippen molar-refractivity contribution >= 4 is 11.9 Å². The molecule has 4 rings (SSSR count). The quantitative estimate of drug-likeness (QED) is 0.782. The van der Waals surface area contributed by atoms with E-state index in [0.29, 0.717) is 24.2 Å². The van der Waals surface area contributed by atoms with E-state index in [2.05, 4.69) is 10.2 Å². The number of nitrogens with one attached hydrogen (secondary N) is 1. The third-order valence-electron chi connectivity index (χ3n) is 5.68. The van der Waals surface area contributed by atoms with Gasteiger partial charge in [-0.1, -0.05) is 18.2 Å².